The Balaban J connectivity index is 2.21. The highest BCUT2D eigenvalue weighted by Gasteiger charge is 2.45. The number of ether oxygens (including phenoxy) is 4. The highest BCUT2D eigenvalue weighted by atomic mass is 16.5. The Labute approximate surface area is 174 Å². The Hall–Kier alpha value is -3.68. The van der Waals surface area contributed by atoms with E-state index in [9.17, 15) is 14.7 Å². The van der Waals surface area contributed by atoms with E-state index in [-0.39, 0.29) is 11.3 Å². The summed E-state index contributed by atoms with van der Waals surface area (Å²) >= 11 is 0. The van der Waals surface area contributed by atoms with E-state index in [1.807, 2.05) is 0 Å². The number of likely N-dealkylation sites (N-methyl/N-ethyl adjacent to an activating group) is 1. The average Bonchev–Trinajstić information content (AvgIpc) is 3.01. The topological polar surface area (TPSA) is 94.5 Å². The molecule has 1 amide bonds. The molecule has 2 aromatic carbocycles. The lowest BCUT2D eigenvalue weighted by molar-refractivity contribution is -0.139. The lowest BCUT2D eigenvalue weighted by atomic mass is 9.94. The van der Waals surface area contributed by atoms with Gasteiger partial charge in [0.1, 0.15) is 17.3 Å². The fraction of sp³-hybridized carbons (Fsp3) is 0.273. The van der Waals surface area contributed by atoms with Gasteiger partial charge in [0.2, 0.25) is 0 Å². The minimum absolute atomic E-state index is 0.0433. The Kier molecular flexibility index (Phi) is 5.86. The van der Waals surface area contributed by atoms with Crippen molar-refractivity contribution >= 4 is 17.4 Å². The number of aliphatic hydroxyl groups excluding tert-OH is 1. The molecule has 30 heavy (non-hydrogen) atoms. The van der Waals surface area contributed by atoms with E-state index in [4.69, 9.17) is 18.9 Å². The van der Waals surface area contributed by atoms with E-state index in [1.165, 1.54) is 40.4 Å². The molecule has 8 nitrogen and oxygen atoms in total. The van der Waals surface area contributed by atoms with Crippen LogP contribution in [0.2, 0.25) is 0 Å². The maximum absolute atomic E-state index is 12.8. The third-order valence-electron chi connectivity index (χ3n) is 5.07. The molecular formula is C22H23NO7. The lowest BCUT2D eigenvalue weighted by Crippen LogP contribution is -2.25. The zero-order chi connectivity index (χ0) is 22.0. The van der Waals surface area contributed by atoms with Crippen LogP contribution in [0.1, 0.15) is 17.2 Å². The molecule has 0 aromatic heterocycles. The summed E-state index contributed by atoms with van der Waals surface area (Å²) in [5.41, 5.74) is 0.816. The van der Waals surface area contributed by atoms with E-state index in [0.29, 0.717) is 34.1 Å². The molecule has 1 saturated heterocycles. The zero-order valence-corrected chi connectivity index (χ0v) is 17.4. The minimum atomic E-state index is -0.834. The number of Topliss-reactive ketones (excluding diaryl/α,β-unsaturated/α-hetero) is 1. The molecule has 1 aliphatic rings. The van der Waals surface area contributed by atoms with Gasteiger partial charge in [0.25, 0.3) is 11.7 Å². The Morgan fingerprint density at radius 2 is 1.53 bits per heavy atom. The van der Waals surface area contributed by atoms with Crippen molar-refractivity contribution in [3.05, 3.63) is 53.1 Å². The van der Waals surface area contributed by atoms with Crippen LogP contribution in [-0.4, -0.2) is 57.2 Å². The van der Waals surface area contributed by atoms with Crippen LogP contribution in [-0.2, 0) is 9.59 Å². The number of likely N-dealkylation sites (tertiary alicyclic amines) is 1. The van der Waals surface area contributed by atoms with Gasteiger partial charge in [-0.2, -0.15) is 0 Å². The van der Waals surface area contributed by atoms with E-state index < -0.39 is 17.7 Å². The van der Waals surface area contributed by atoms with Crippen LogP contribution in [0.5, 0.6) is 23.0 Å². The van der Waals surface area contributed by atoms with Crippen molar-refractivity contribution in [2.24, 2.45) is 0 Å². The third kappa shape index (κ3) is 3.41. The molecule has 0 spiro atoms. The van der Waals surface area contributed by atoms with Crippen molar-refractivity contribution in [1.82, 2.24) is 4.90 Å². The smallest absolute Gasteiger partial charge is 0.295 e. The monoisotopic (exact) mass is 413 g/mol. The summed E-state index contributed by atoms with van der Waals surface area (Å²) in [6, 6.07) is 8.96. The average molecular weight is 413 g/mol. The largest absolute Gasteiger partial charge is 0.507 e. The first-order valence-electron chi connectivity index (χ1n) is 9.06. The highest BCUT2D eigenvalue weighted by molar-refractivity contribution is 6.46. The molecule has 3 rings (SSSR count). The second-order valence-corrected chi connectivity index (χ2v) is 6.59. The van der Waals surface area contributed by atoms with Gasteiger partial charge in [-0.05, 0) is 30.3 Å². The van der Waals surface area contributed by atoms with Crippen LogP contribution in [0.3, 0.4) is 0 Å². The first kappa shape index (κ1) is 21.0. The predicted octanol–water partition coefficient (Wildman–Crippen LogP) is 2.77. The van der Waals surface area contributed by atoms with E-state index in [0.717, 1.165) is 0 Å². The van der Waals surface area contributed by atoms with Gasteiger partial charge < -0.3 is 29.0 Å². The summed E-state index contributed by atoms with van der Waals surface area (Å²) in [5.74, 6) is 0.00755. The van der Waals surface area contributed by atoms with Gasteiger partial charge in [-0.15, -0.1) is 0 Å². The van der Waals surface area contributed by atoms with E-state index in [2.05, 4.69) is 0 Å². The number of rotatable bonds is 6. The lowest BCUT2D eigenvalue weighted by Gasteiger charge is -2.23. The minimum Gasteiger partial charge on any atom is -0.507 e. The second-order valence-electron chi connectivity index (χ2n) is 6.59. The van der Waals surface area contributed by atoms with Crippen LogP contribution in [0, 0.1) is 0 Å². The van der Waals surface area contributed by atoms with Gasteiger partial charge in [0, 0.05) is 24.2 Å². The molecule has 1 fully saturated rings. The summed E-state index contributed by atoms with van der Waals surface area (Å²) in [5, 5.41) is 11.0. The molecule has 0 saturated carbocycles. The molecule has 0 bridgehead atoms. The Morgan fingerprint density at radius 3 is 2.13 bits per heavy atom. The van der Waals surface area contributed by atoms with E-state index in [1.54, 1.807) is 36.4 Å². The molecule has 158 valence electrons. The molecular weight excluding hydrogens is 390 g/mol. The summed E-state index contributed by atoms with van der Waals surface area (Å²) in [6.45, 7) is 0. The summed E-state index contributed by atoms with van der Waals surface area (Å²) in [7, 11) is 7.47. The molecule has 8 heteroatoms. The first-order valence-corrected chi connectivity index (χ1v) is 9.06. The molecule has 0 aliphatic carbocycles. The Bertz CT molecular complexity index is 1030. The molecule has 1 heterocycles. The highest BCUT2D eigenvalue weighted by Crippen LogP contribution is 2.43. The molecule has 1 aliphatic heterocycles. The van der Waals surface area contributed by atoms with Crippen molar-refractivity contribution in [3.63, 3.8) is 0 Å². The Morgan fingerprint density at radius 1 is 0.867 bits per heavy atom. The van der Waals surface area contributed by atoms with Gasteiger partial charge in [-0.25, -0.2) is 0 Å². The van der Waals surface area contributed by atoms with Gasteiger partial charge in [-0.3, -0.25) is 9.59 Å². The molecule has 0 unspecified atom stereocenters. The standard InChI is InChI=1S/C22H23NO7/c1-23-19(14-8-7-13(27-2)11-16(14)29-4)18(21(25)22(23)26)20(24)12-6-9-15(28-3)17(10-12)30-5/h6-11,19,24H,1-5H3/t19-/m1/s1. The number of nitrogens with zero attached hydrogens (tertiary/aromatic N) is 1. The second kappa shape index (κ2) is 8.36. The fourth-order valence-corrected chi connectivity index (χ4v) is 3.49. The normalized spacial score (nSPS) is 17.8. The number of carbonyl (C=O) groups is 2. The van der Waals surface area contributed by atoms with E-state index >= 15 is 0 Å². The van der Waals surface area contributed by atoms with Crippen molar-refractivity contribution < 1.29 is 33.6 Å². The van der Waals surface area contributed by atoms with Crippen LogP contribution < -0.4 is 18.9 Å². The SMILES string of the molecule is COc1ccc([C@@H]2C(=C(O)c3ccc(OC)c(OC)c3)C(=O)C(=O)N2C)c(OC)c1. The maximum atomic E-state index is 12.8. The zero-order valence-electron chi connectivity index (χ0n) is 17.4. The predicted molar refractivity (Wildman–Crippen MR) is 109 cm³/mol. The number of ketones is 1. The first-order chi connectivity index (χ1) is 14.4. The van der Waals surface area contributed by atoms with Crippen molar-refractivity contribution in [3.8, 4) is 23.0 Å². The summed E-state index contributed by atoms with van der Waals surface area (Å²) in [4.78, 5) is 26.6. The van der Waals surface area contributed by atoms with Crippen LogP contribution in [0.4, 0.5) is 0 Å². The number of benzene rings is 2. The number of hydrogen-bond donors (Lipinski definition) is 1. The van der Waals surface area contributed by atoms with Crippen LogP contribution >= 0.6 is 0 Å². The van der Waals surface area contributed by atoms with Crippen molar-refractivity contribution in [2.75, 3.05) is 35.5 Å². The summed E-state index contributed by atoms with van der Waals surface area (Å²) in [6.07, 6.45) is 0. The van der Waals surface area contributed by atoms with Crippen LogP contribution in [0.25, 0.3) is 5.76 Å². The quantitative estimate of drug-likeness (QED) is 0.442. The molecule has 1 N–H and O–H groups in total. The number of carbonyl (C=O) groups excluding carboxylic acids is 2. The molecule has 2 aromatic rings. The number of aliphatic hydroxyl groups is 1. The molecule has 0 radical (unpaired) electrons. The number of methoxy groups -OCH3 is 4. The third-order valence-corrected chi connectivity index (χ3v) is 5.07. The molecule has 1 atom stereocenters. The summed E-state index contributed by atoms with van der Waals surface area (Å²) < 4.78 is 21.2. The van der Waals surface area contributed by atoms with Gasteiger partial charge >= 0.3 is 0 Å². The van der Waals surface area contributed by atoms with Gasteiger partial charge in [0.05, 0.1) is 40.1 Å². The number of hydrogen-bond acceptors (Lipinski definition) is 7. The number of amides is 1. The maximum Gasteiger partial charge on any atom is 0.295 e. The van der Waals surface area contributed by atoms with Gasteiger partial charge in [0.15, 0.2) is 11.5 Å². The van der Waals surface area contributed by atoms with Gasteiger partial charge in [-0.1, -0.05) is 0 Å². The fourth-order valence-electron chi connectivity index (χ4n) is 3.49. The van der Waals surface area contributed by atoms with Crippen molar-refractivity contribution in [2.45, 2.75) is 6.04 Å². The van der Waals surface area contributed by atoms with Crippen molar-refractivity contribution in [1.29, 1.82) is 0 Å². The van der Waals surface area contributed by atoms with Crippen LogP contribution in [0.15, 0.2) is 42.0 Å².